The van der Waals surface area contributed by atoms with Crippen LogP contribution >= 0.6 is 11.6 Å². The van der Waals surface area contributed by atoms with E-state index in [1.165, 1.54) is 13.1 Å². The fraction of sp³-hybridized carbons (Fsp3) is 0.214. The smallest absolute Gasteiger partial charge is 0.372 e. The average Bonchev–Trinajstić information content (AvgIpc) is 2.49. The predicted octanol–water partition coefficient (Wildman–Crippen LogP) is 4.11. The summed E-state index contributed by atoms with van der Waals surface area (Å²) in [7, 11) is 1.33. The lowest BCUT2D eigenvalue weighted by Gasteiger charge is -2.13. The van der Waals surface area contributed by atoms with Gasteiger partial charge in [0.25, 0.3) is 0 Å². The van der Waals surface area contributed by atoms with Gasteiger partial charge < -0.3 is 10.6 Å². The minimum Gasteiger partial charge on any atom is -0.372 e. The molecular formula is C14H11ClF3N5. The molecule has 0 fully saturated rings. The van der Waals surface area contributed by atoms with Crippen molar-refractivity contribution in [1.29, 1.82) is 5.26 Å². The summed E-state index contributed by atoms with van der Waals surface area (Å²) < 4.78 is 38.4. The maximum atomic E-state index is 12.8. The van der Waals surface area contributed by atoms with Crippen LogP contribution in [0, 0.1) is 18.3 Å². The zero-order valence-electron chi connectivity index (χ0n) is 12.1. The quantitative estimate of drug-likeness (QED) is 0.878. The van der Waals surface area contributed by atoms with E-state index >= 15 is 0 Å². The van der Waals surface area contributed by atoms with E-state index in [2.05, 4.69) is 20.6 Å². The minimum absolute atomic E-state index is 0.0478. The van der Waals surface area contributed by atoms with E-state index in [4.69, 9.17) is 16.9 Å². The normalized spacial score (nSPS) is 11.0. The second kappa shape index (κ2) is 6.30. The largest absolute Gasteiger partial charge is 0.421 e. The van der Waals surface area contributed by atoms with Crippen molar-refractivity contribution in [2.45, 2.75) is 13.1 Å². The van der Waals surface area contributed by atoms with E-state index in [1.54, 1.807) is 13.0 Å². The molecule has 2 rings (SSSR count). The number of benzene rings is 1. The second-order valence-electron chi connectivity index (χ2n) is 4.59. The number of aryl methyl sites for hydroxylation is 1. The van der Waals surface area contributed by atoms with Gasteiger partial charge >= 0.3 is 6.18 Å². The topological polar surface area (TPSA) is 73.6 Å². The SMILES string of the molecule is CNc1nc(Nc2cc(C)c(C#N)cc2Cl)ncc1C(F)(F)F. The lowest BCUT2D eigenvalue weighted by atomic mass is 10.1. The van der Waals surface area contributed by atoms with E-state index in [0.717, 1.165) is 0 Å². The molecule has 0 aliphatic rings. The molecule has 0 amide bonds. The Morgan fingerprint density at radius 2 is 2.00 bits per heavy atom. The van der Waals surface area contributed by atoms with E-state index < -0.39 is 11.7 Å². The van der Waals surface area contributed by atoms with Crippen molar-refractivity contribution < 1.29 is 13.2 Å². The fourth-order valence-electron chi connectivity index (χ4n) is 1.86. The molecular weight excluding hydrogens is 331 g/mol. The molecule has 1 aromatic carbocycles. The zero-order chi connectivity index (χ0) is 17.2. The molecule has 9 heteroatoms. The molecule has 23 heavy (non-hydrogen) atoms. The monoisotopic (exact) mass is 341 g/mol. The maximum Gasteiger partial charge on any atom is 0.421 e. The predicted molar refractivity (Wildman–Crippen MR) is 80.8 cm³/mol. The molecule has 0 saturated carbocycles. The highest BCUT2D eigenvalue weighted by atomic mass is 35.5. The lowest BCUT2D eigenvalue weighted by molar-refractivity contribution is -0.137. The lowest BCUT2D eigenvalue weighted by Crippen LogP contribution is -2.12. The summed E-state index contributed by atoms with van der Waals surface area (Å²) in [6.07, 6.45) is -3.87. The Morgan fingerprint density at radius 3 is 2.57 bits per heavy atom. The van der Waals surface area contributed by atoms with Gasteiger partial charge in [-0.05, 0) is 24.6 Å². The van der Waals surface area contributed by atoms with Crippen LogP contribution in [0.4, 0.5) is 30.6 Å². The van der Waals surface area contributed by atoms with Crippen LogP contribution in [0.2, 0.25) is 5.02 Å². The van der Waals surface area contributed by atoms with E-state index in [1.807, 2.05) is 6.07 Å². The minimum atomic E-state index is -4.56. The number of hydrogen-bond acceptors (Lipinski definition) is 5. The first-order valence-corrected chi connectivity index (χ1v) is 6.73. The van der Waals surface area contributed by atoms with Gasteiger partial charge in [0.15, 0.2) is 0 Å². The average molecular weight is 342 g/mol. The maximum absolute atomic E-state index is 12.8. The summed E-state index contributed by atoms with van der Waals surface area (Å²) in [4.78, 5) is 7.45. The Labute approximate surface area is 135 Å². The molecule has 0 bridgehead atoms. The number of aromatic nitrogens is 2. The number of nitrogens with one attached hydrogen (secondary N) is 2. The first-order valence-electron chi connectivity index (χ1n) is 6.35. The Kier molecular flexibility index (Phi) is 4.61. The number of alkyl halides is 3. The number of rotatable bonds is 3. The molecule has 1 heterocycles. The van der Waals surface area contributed by atoms with Gasteiger partial charge in [0.1, 0.15) is 11.4 Å². The van der Waals surface area contributed by atoms with Crippen LogP contribution in [-0.4, -0.2) is 17.0 Å². The number of nitriles is 1. The number of hydrogen-bond donors (Lipinski definition) is 2. The van der Waals surface area contributed by atoms with Crippen LogP contribution in [0.15, 0.2) is 18.3 Å². The van der Waals surface area contributed by atoms with E-state index in [9.17, 15) is 13.2 Å². The Morgan fingerprint density at radius 1 is 1.30 bits per heavy atom. The van der Waals surface area contributed by atoms with Crippen LogP contribution in [0.1, 0.15) is 16.7 Å². The Balaban J connectivity index is 2.39. The molecule has 5 nitrogen and oxygen atoms in total. The van der Waals surface area contributed by atoms with Crippen molar-refractivity contribution in [1.82, 2.24) is 9.97 Å². The van der Waals surface area contributed by atoms with Crippen LogP contribution in [0.5, 0.6) is 0 Å². The highest BCUT2D eigenvalue weighted by Gasteiger charge is 2.35. The summed E-state index contributed by atoms with van der Waals surface area (Å²) in [5.74, 6) is -0.398. The molecule has 0 saturated heterocycles. The standard InChI is InChI=1S/C14H11ClF3N5/c1-7-3-11(10(15)4-8(7)5-19)22-13-21-6-9(14(16,17)18)12(20-2)23-13/h3-4,6H,1-2H3,(H2,20,21,22,23). The molecule has 0 aliphatic heterocycles. The van der Waals surface area contributed by atoms with Crippen molar-refractivity contribution in [3.8, 4) is 6.07 Å². The highest BCUT2D eigenvalue weighted by Crippen LogP contribution is 2.34. The van der Waals surface area contributed by atoms with Crippen LogP contribution in [-0.2, 0) is 6.18 Å². The van der Waals surface area contributed by atoms with E-state index in [0.29, 0.717) is 23.0 Å². The number of nitrogens with zero attached hydrogens (tertiary/aromatic N) is 3. The molecule has 0 unspecified atom stereocenters. The third-order valence-corrected chi connectivity index (χ3v) is 3.32. The third-order valence-electron chi connectivity index (χ3n) is 3.01. The van der Waals surface area contributed by atoms with Crippen LogP contribution in [0.3, 0.4) is 0 Å². The molecule has 120 valence electrons. The molecule has 2 aromatic rings. The van der Waals surface area contributed by atoms with Gasteiger partial charge in [0, 0.05) is 13.2 Å². The summed E-state index contributed by atoms with van der Waals surface area (Å²) in [5, 5.41) is 14.3. The van der Waals surface area contributed by atoms with Gasteiger partial charge in [-0.25, -0.2) is 4.98 Å². The molecule has 0 atom stereocenters. The van der Waals surface area contributed by atoms with Gasteiger partial charge in [-0.1, -0.05) is 11.6 Å². The third kappa shape index (κ3) is 3.63. The van der Waals surface area contributed by atoms with Crippen molar-refractivity contribution >= 4 is 29.1 Å². The molecule has 0 spiro atoms. The van der Waals surface area contributed by atoms with Crippen LogP contribution < -0.4 is 10.6 Å². The first-order chi connectivity index (χ1) is 10.8. The van der Waals surface area contributed by atoms with Crippen LogP contribution in [0.25, 0.3) is 0 Å². The Hall–Kier alpha value is -2.53. The summed E-state index contributed by atoms with van der Waals surface area (Å²) in [5.41, 5.74) is 0.502. The number of anilines is 3. The van der Waals surface area contributed by atoms with Gasteiger partial charge in [-0.15, -0.1) is 0 Å². The Bertz CT molecular complexity index is 783. The number of halogens is 4. The highest BCUT2D eigenvalue weighted by molar-refractivity contribution is 6.33. The summed E-state index contributed by atoms with van der Waals surface area (Å²) in [6.45, 7) is 1.71. The summed E-state index contributed by atoms with van der Waals surface area (Å²) in [6, 6.07) is 5.05. The fourth-order valence-corrected chi connectivity index (χ4v) is 2.07. The zero-order valence-corrected chi connectivity index (χ0v) is 12.8. The van der Waals surface area contributed by atoms with Gasteiger partial charge in [-0.2, -0.15) is 23.4 Å². The van der Waals surface area contributed by atoms with Crippen molar-refractivity contribution in [3.05, 3.63) is 40.0 Å². The molecule has 0 aliphatic carbocycles. The van der Waals surface area contributed by atoms with Crippen molar-refractivity contribution in [3.63, 3.8) is 0 Å². The van der Waals surface area contributed by atoms with Crippen molar-refractivity contribution in [2.24, 2.45) is 0 Å². The molecule has 1 aromatic heterocycles. The molecule has 2 N–H and O–H groups in total. The summed E-state index contributed by atoms with van der Waals surface area (Å²) >= 11 is 6.04. The van der Waals surface area contributed by atoms with Crippen molar-refractivity contribution in [2.75, 3.05) is 17.7 Å². The van der Waals surface area contributed by atoms with Gasteiger partial charge in [0.05, 0.1) is 22.3 Å². The first kappa shape index (κ1) is 16.8. The second-order valence-corrected chi connectivity index (χ2v) is 4.99. The van der Waals surface area contributed by atoms with Gasteiger partial charge in [0.2, 0.25) is 5.95 Å². The van der Waals surface area contributed by atoms with Gasteiger partial charge in [-0.3, -0.25) is 0 Å². The molecule has 0 radical (unpaired) electrons. The van der Waals surface area contributed by atoms with E-state index in [-0.39, 0.29) is 16.8 Å².